The third-order valence-corrected chi connectivity index (χ3v) is 5.45. The molecule has 0 aliphatic heterocycles. The van der Waals surface area contributed by atoms with Crippen molar-refractivity contribution in [3.05, 3.63) is 59.4 Å². The topological polar surface area (TPSA) is 73.9 Å². The molecule has 7 heteroatoms. The lowest BCUT2D eigenvalue weighted by molar-refractivity contribution is -0.148. The van der Waals surface area contributed by atoms with Gasteiger partial charge in [-0.3, -0.25) is 9.59 Å². The molecule has 0 aromatic heterocycles. The first-order valence-electron chi connectivity index (χ1n) is 10.5. The second kappa shape index (κ2) is 10.3. The number of halogens is 1. The minimum Gasteiger partial charge on any atom is -0.493 e. The molecule has 3 atom stereocenters. The Labute approximate surface area is 181 Å². The zero-order valence-electron chi connectivity index (χ0n) is 18.0. The highest BCUT2D eigenvalue weighted by molar-refractivity contribution is 5.94. The summed E-state index contributed by atoms with van der Waals surface area (Å²) >= 11 is 0. The molecule has 1 aliphatic rings. The van der Waals surface area contributed by atoms with E-state index in [0.717, 1.165) is 5.56 Å². The Morgan fingerprint density at radius 1 is 1.13 bits per heavy atom. The zero-order chi connectivity index (χ0) is 22.4. The first-order valence-corrected chi connectivity index (χ1v) is 10.5. The Kier molecular flexibility index (Phi) is 7.50. The fraction of sp³-hybridized carbons (Fsp3) is 0.417. The van der Waals surface area contributed by atoms with Crippen molar-refractivity contribution in [2.45, 2.75) is 51.2 Å². The van der Waals surface area contributed by atoms with Crippen LogP contribution in [0.5, 0.6) is 11.5 Å². The van der Waals surface area contributed by atoms with Gasteiger partial charge in [-0.1, -0.05) is 12.1 Å². The van der Waals surface area contributed by atoms with E-state index in [9.17, 15) is 14.0 Å². The van der Waals surface area contributed by atoms with Gasteiger partial charge in [0.25, 0.3) is 5.91 Å². The molecule has 1 saturated carbocycles. The van der Waals surface area contributed by atoms with Crippen LogP contribution in [0.25, 0.3) is 0 Å². The highest BCUT2D eigenvalue weighted by atomic mass is 19.1. The van der Waals surface area contributed by atoms with Crippen molar-refractivity contribution in [3.63, 3.8) is 0 Å². The summed E-state index contributed by atoms with van der Waals surface area (Å²) in [5.74, 6) is 0.0142. The molecular formula is C24H28FNO5. The van der Waals surface area contributed by atoms with E-state index < -0.39 is 5.82 Å². The summed E-state index contributed by atoms with van der Waals surface area (Å²) in [6, 6.07) is 11.1. The van der Waals surface area contributed by atoms with E-state index in [4.69, 9.17) is 14.2 Å². The number of amides is 1. The predicted molar refractivity (Wildman–Crippen MR) is 114 cm³/mol. The number of hydrogen-bond donors (Lipinski definition) is 1. The minimum atomic E-state index is -0.459. The number of carbonyl (C=O) groups excluding carboxylic acids is 2. The van der Waals surface area contributed by atoms with Gasteiger partial charge in [0.05, 0.1) is 13.7 Å². The molecule has 0 spiro atoms. The first-order chi connectivity index (χ1) is 14.9. The summed E-state index contributed by atoms with van der Waals surface area (Å²) in [5, 5.41) is 3.05. The third-order valence-electron chi connectivity index (χ3n) is 5.45. The van der Waals surface area contributed by atoms with Crippen molar-refractivity contribution in [1.29, 1.82) is 0 Å². The Morgan fingerprint density at radius 3 is 2.61 bits per heavy atom. The largest absolute Gasteiger partial charge is 0.493 e. The van der Waals surface area contributed by atoms with Crippen molar-refractivity contribution in [1.82, 2.24) is 5.32 Å². The maximum atomic E-state index is 13.6. The fourth-order valence-corrected chi connectivity index (χ4v) is 4.09. The number of hydrogen-bond acceptors (Lipinski definition) is 5. The van der Waals surface area contributed by atoms with Crippen molar-refractivity contribution >= 4 is 11.9 Å². The number of esters is 1. The quantitative estimate of drug-likeness (QED) is 0.667. The number of benzene rings is 2. The SMILES string of the molecule is CCOc1cc(C2CC(OC(C)=O)CCC2NC(=O)c2cccc(F)c2)ccc1OC. The van der Waals surface area contributed by atoms with Crippen LogP contribution in [0.3, 0.4) is 0 Å². The van der Waals surface area contributed by atoms with Crippen molar-refractivity contribution in [2.24, 2.45) is 0 Å². The number of ether oxygens (including phenoxy) is 3. The molecular weight excluding hydrogens is 401 g/mol. The van der Waals surface area contributed by atoms with Crippen molar-refractivity contribution < 1.29 is 28.2 Å². The van der Waals surface area contributed by atoms with E-state index in [1.54, 1.807) is 13.2 Å². The smallest absolute Gasteiger partial charge is 0.302 e. The summed E-state index contributed by atoms with van der Waals surface area (Å²) in [6.07, 6.45) is 1.59. The third kappa shape index (κ3) is 5.75. The predicted octanol–water partition coefficient (Wildman–Crippen LogP) is 4.23. The molecule has 1 amide bonds. The molecule has 3 unspecified atom stereocenters. The molecule has 166 valence electrons. The zero-order valence-corrected chi connectivity index (χ0v) is 18.0. The van der Waals surface area contributed by atoms with E-state index in [-0.39, 0.29) is 35.5 Å². The normalized spacial score (nSPS) is 20.6. The van der Waals surface area contributed by atoms with Crippen LogP contribution >= 0.6 is 0 Å². The van der Waals surface area contributed by atoms with Gasteiger partial charge in [-0.05, 0) is 62.1 Å². The van der Waals surface area contributed by atoms with E-state index in [2.05, 4.69) is 5.32 Å². The molecule has 3 rings (SSSR count). The van der Waals surface area contributed by atoms with Crippen LogP contribution in [-0.2, 0) is 9.53 Å². The van der Waals surface area contributed by atoms with Gasteiger partial charge in [0.15, 0.2) is 11.5 Å². The average molecular weight is 429 g/mol. The second-order valence-corrected chi connectivity index (χ2v) is 7.58. The monoisotopic (exact) mass is 429 g/mol. The summed E-state index contributed by atoms with van der Waals surface area (Å²) in [7, 11) is 1.58. The minimum absolute atomic E-state index is 0.110. The highest BCUT2D eigenvalue weighted by Gasteiger charge is 2.34. The summed E-state index contributed by atoms with van der Waals surface area (Å²) < 4.78 is 30.1. The van der Waals surface area contributed by atoms with Gasteiger partial charge >= 0.3 is 5.97 Å². The van der Waals surface area contributed by atoms with E-state index in [1.807, 2.05) is 25.1 Å². The molecule has 2 aromatic carbocycles. The van der Waals surface area contributed by atoms with Crippen LogP contribution in [0.1, 0.15) is 54.9 Å². The maximum Gasteiger partial charge on any atom is 0.302 e. The van der Waals surface area contributed by atoms with Gasteiger partial charge in [0, 0.05) is 24.4 Å². The Morgan fingerprint density at radius 2 is 1.94 bits per heavy atom. The molecule has 2 aromatic rings. The van der Waals surface area contributed by atoms with Crippen molar-refractivity contribution in [2.75, 3.05) is 13.7 Å². The maximum absolute atomic E-state index is 13.6. The average Bonchev–Trinajstić information content (AvgIpc) is 2.74. The lowest BCUT2D eigenvalue weighted by Gasteiger charge is -2.36. The standard InChI is InChI=1S/C24H28FNO5/c1-4-30-23-13-16(8-11-22(23)29-3)20-14-19(31-15(2)27)9-10-21(20)26-24(28)17-6-5-7-18(25)12-17/h5-8,11-13,19-21H,4,9-10,14H2,1-3H3,(H,26,28). The van der Waals surface area contributed by atoms with Crippen LogP contribution in [0, 0.1) is 5.82 Å². The molecule has 0 saturated heterocycles. The van der Waals surface area contributed by atoms with Gasteiger partial charge in [-0.15, -0.1) is 0 Å². The van der Waals surface area contributed by atoms with Crippen LogP contribution < -0.4 is 14.8 Å². The lowest BCUT2D eigenvalue weighted by atomic mass is 9.78. The van der Waals surface area contributed by atoms with E-state index >= 15 is 0 Å². The fourth-order valence-electron chi connectivity index (χ4n) is 4.09. The number of rotatable bonds is 7. The van der Waals surface area contributed by atoms with Gasteiger partial charge in [-0.25, -0.2) is 4.39 Å². The molecule has 0 radical (unpaired) electrons. The van der Waals surface area contributed by atoms with Crippen LogP contribution in [0.2, 0.25) is 0 Å². The Balaban J connectivity index is 1.87. The van der Waals surface area contributed by atoms with Crippen LogP contribution in [0.4, 0.5) is 4.39 Å². The summed E-state index contributed by atoms with van der Waals surface area (Å²) in [5.41, 5.74) is 1.22. The Bertz CT molecular complexity index is 932. The van der Waals surface area contributed by atoms with Crippen LogP contribution in [0.15, 0.2) is 42.5 Å². The van der Waals surface area contributed by atoms with Gasteiger partial charge < -0.3 is 19.5 Å². The number of nitrogens with one attached hydrogen (secondary N) is 1. The number of methoxy groups -OCH3 is 1. The second-order valence-electron chi connectivity index (χ2n) is 7.58. The summed E-state index contributed by atoms with van der Waals surface area (Å²) in [6.45, 7) is 3.78. The molecule has 31 heavy (non-hydrogen) atoms. The lowest BCUT2D eigenvalue weighted by Crippen LogP contribution is -2.44. The van der Waals surface area contributed by atoms with Crippen molar-refractivity contribution in [3.8, 4) is 11.5 Å². The highest BCUT2D eigenvalue weighted by Crippen LogP contribution is 2.38. The number of carbonyl (C=O) groups is 2. The van der Waals surface area contributed by atoms with E-state index in [0.29, 0.717) is 37.4 Å². The van der Waals surface area contributed by atoms with E-state index in [1.165, 1.54) is 25.1 Å². The molecule has 1 fully saturated rings. The molecule has 0 heterocycles. The Hall–Kier alpha value is -3.09. The van der Waals surface area contributed by atoms with Gasteiger partial charge in [-0.2, -0.15) is 0 Å². The molecule has 6 nitrogen and oxygen atoms in total. The summed E-state index contributed by atoms with van der Waals surface area (Å²) in [4.78, 5) is 24.3. The molecule has 1 N–H and O–H groups in total. The molecule has 0 bridgehead atoms. The van der Waals surface area contributed by atoms with Gasteiger partial charge in [0.2, 0.25) is 0 Å². The molecule has 1 aliphatic carbocycles. The van der Waals surface area contributed by atoms with Crippen LogP contribution in [-0.4, -0.2) is 37.7 Å². The van der Waals surface area contributed by atoms with Gasteiger partial charge in [0.1, 0.15) is 11.9 Å². The first kappa shape index (κ1) is 22.6.